The van der Waals surface area contributed by atoms with Gasteiger partial charge in [-0.05, 0) is 64.2 Å². The zero-order valence-corrected chi connectivity index (χ0v) is 27.0. The number of fused-ring (bicyclic) bond motifs is 15. The molecule has 0 saturated heterocycles. The molecule has 11 rings (SSSR count). The van der Waals surface area contributed by atoms with Gasteiger partial charge in [-0.2, -0.15) is 0 Å². The van der Waals surface area contributed by atoms with Crippen molar-refractivity contribution < 1.29 is 0 Å². The van der Waals surface area contributed by atoms with Gasteiger partial charge in [0.05, 0.1) is 27.8 Å². The zero-order chi connectivity index (χ0) is 32.8. The summed E-state index contributed by atoms with van der Waals surface area (Å²) in [4.78, 5) is 10.7. The van der Waals surface area contributed by atoms with Crippen molar-refractivity contribution in [2.45, 2.75) is 0 Å². The molecule has 3 heterocycles. The predicted molar refractivity (Wildman–Crippen MR) is 206 cm³/mol. The molecule has 0 radical (unpaired) electrons. The van der Waals surface area contributed by atoms with Crippen LogP contribution in [0.3, 0.4) is 0 Å². The van der Waals surface area contributed by atoms with Crippen molar-refractivity contribution in [3.8, 4) is 56.3 Å². The first kappa shape index (κ1) is 27.2. The second kappa shape index (κ2) is 10.4. The highest BCUT2D eigenvalue weighted by Crippen LogP contribution is 2.47. The van der Waals surface area contributed by atoms with Crippen LogP contribution in [0.1, 0.15) is 0 Å². The SMILES string of the molecule is c1ccc(-n2c3ccccc3c3c4c5ccccc5n(-c5ncc6c(n5)-c5ccccc5-c5ccccc5-c5ccccc5-6)c4ccc32)cc1. The highest BCUT2D eigenvalue weighted by atomic mass is 15.2. The molecule has 1 aliphatic rings. The summed E-state index contributed by atoms with van der Waals surface area (Å²) in [5.74, 6) is 0.655. The normalized spacial score (nSPS) is 12.0. The summed E-state index contributed by atoms with van der Waals surface area (Å²) in [7, 11) is 0. The molecule has 3 aromatic heterocycles. The van der Waals surface area contributed by atoms with Gasteiger partial charge in [-0.3, -0.25) is 4.57 Å². The maximum absolute atomic E-state index is 5.51. The summed E-state index contributed by atoms with van der Waals surface area (Å²) in [5, 5.41) is 4.85. The number of nitrogens with zero attached hydrogens (tertiary/aromatic N) is 4. The van der Waals surface area contributed by atoms with Crippen LogP contribution in [0.5, 0.6) is 0 Å². The van der Waals surface area contributed by atoms with Crippen LogP contribution in [0.25, 0.3) is 99.9 Å². The average Bonchev–Trinajstić information content (AvgIpc) is 3.70. The number of para-hydroxylation sites is 3. The van der Waals surface area contributed by atoms with Crippen molar-refractivity contribution in [2.24, 2.45) is 0 Å². The molecule has 0 unspecified atom stereocenters. The first-order valence-electron chi connectivity index (χ1n) is 17.0. The standard InChI is InChI=1S/C46H28N4/c1-2-14-29(15-3-1)49-39-24-12-10-22-36(39)43-41(49)26-27-42-44(43)37-23-11-13-25-40(37)50(42)46-47-28-38-34-20-7-6-18-32(34)30-16-4-5-17-31(30)33-19-8-9-21-35(33)45(38)48-46/h1-28H. The molecule has 0 N–H and O–H groups in total. The topological polar surface area (TPSA) is 35.6 Å². The van der Waals surface area contributed by atoms with Gasteiger partial charge in [-0.15, -0.1) is 0 Å². The van der Waals surface area contributed by atoms with E-state index >= 15 is 0 Å². The third-order valence-corrected chi connectivity index (χ3v) is 10.4. The monoisotopic (exact) mass is 636 g/mol. The molecule has 0 fully saturated rings. The Hall–Kier alpha value is -6.78. The predicted octanol–water partition coefficient (Wildman–Crippen LogP) is 11.7. The zero-order valence-electron chi connectivity index (χ0n) is 27.0. The highest BCUT2D eigenvalue weighted by molar-refractivity contribution is 6.28. The van der Waals surface area contributed by atoms with E-state index in [1.165, 1.54) is 54.8 Å². The largest absolute Gasteiger partial charge is 0.309 e. The summed E-state index contributed by atoms with van der Waals surface area (Å²) >= 11 is 0. The first-order valence-corrected chi connectivity index (χ1v) is 17.0. The van der Waals surface area contributed by atoms with Crippen molar-refractivity contribution in [2.75, 3.05) is 0 Å². The van der Waals surface area contributed by atoms with Crippen LogP contribution in [-0.4, -0.2) is 19.1 Å². The number of hydrogen-bond donors (Lipinski definition) is 0. The molecule has 0 aliphatic heterocycles. The van der Waals surface area contributed by atoms with Crippen LogP contribution >= 0.6 is 0 Å². The lowest BCUT2D eigenvalue weighted by atomic mass is 9.83. The van der Waals surface area contributed by atoms with Crippen molar-refractivity contribution in [1.29, 1.82) is 0 Å². The molecule has 0 atom stereocenters. The summed E-state index contributed by atoms with van der Waals surface area (Å²) in [6, 6.07) is 58.5. The number of rotatable bonds is 2. The Kier molecular flexibility index (Phi) is 5.63. The van der Waals surface area contributed by atoms with Gasteiger partial charge in [0.1, 0.15) is 0 Å². The molecule has 4 nitrogen and oxygen atoms in total. The smallest absolute Gasteiger partial charge is 0.235 e. The summed E-state index contributed by atoms with van der Waals surface area (Å²) in [6.07, 6.45) is 2.03. The maximum atomic E-state index is 5.51. The van der Waals surface area contributed by atoms with Gasteiger partial charge in [0, 0.05) is 44.6 Å². The van der Waals surface area contributed by atoms with Gasteiger partial charge in [0.15, 0.2) is 0 Å². The molecule has 0 spiro atoms. The molecule has 50 heavy (non-hydrogen) atoms. The summed E-state index contributed by atoms with van der Waals surface area (Å²) in [5.41, 5.74) is 14.6. The van der Waals surface area contributed by atoms with Gasteiger partial charge in [0.2, 0.25) is 5.95 Å². The molecule has 4 heteroatoms. The molecule has 0 bridgehead atoms. The molecule has 10 aromatic rings. The fraction of sp³-hybridized carbons (Fsp3) is 0. The number of aromatic nitrogens is 4. The number of benzene rings is 7. The fourth-order valence-corrected chi connectivity index (χ4v) is 8.30. The van der Waals surface area contributed by atoms with E-state index in [0.717, 1.165) is 39.1 Å². The average molecular weight is 637 g/mol. The van der Waals surface area contributed by atoms with E-state index in [1.54, 1.807) is 0 Å². The Morgan fingerprint density at radius 1 is 0.340 bits per heavy atom. The molecule has 0 amide bonds. The minimum absolute atomic E-state index is 0.655. The van der Waals surface area contributed by atoms with E-state index in [1.807, 2.05) is 6.20 Å². The second-order valence-corrected chi connectivity index (χ2v) is 13.0. The highest BCUT2D eigenvalue weighted by Gasteiger charge is 2.25. The Balaban J connectivity index is 1.24. The van der Waals surface area contributed by atoms with E-state index in [9.17, 15) is 0 Å². The molecular weight excluding hydrogens is 609 g/mol. The van der Waals surface area contributed by atoms with E-state index < -0.39 is 0 Å². The van der Waals surface area contributed by atoms with Crippen LogP contribution < -0.4 is 0 Å². The summed E-state index contributed by atoms with van der Waals surface area (Å²) < 4.78 is 4.63. The lowest BCUT2D eigenvalue weighted by Crippen LogP contribution is -2.05. The van der Waals surface area contributed by atoms with Crippen LogP contribution in [-0.2, 0) is 0 Å². The van der Waals surface area contributed by atoms with Crippen molar-refractivity contribution in [3.63, 3.8) is 0 Å². The van der Waals surface area contributed by atoms with Crippen molar-refractivity contribution in [3.05, 3.63) is 170 Å². The maximum Gasteiger partial charge on any atom is 0.235 e. The molecule has 7 aromatic carbocycles. The van der Waals surface area contributed by atoms with Crippen LogP contribution in [0.15, 0.2) is 170 Å². The van der Waals surface area contributed by atoms with Gasteiger partial charge in [-0.1, -0.05) is 127 Å². The molecule has 1 aliphatic carbocycles. The Morgan fingerprint density at radius 3 is 1.38 bits per heavy atom. The molecule has 0 saturated carbocycles. The quantitative estimate of drug-likeness (QED) is 0.189. The Labute approximate surface area is 288 Å². The summed E-state index contributed by atoms with van der Waals surface area (Å²) in [6.45, 7) is 0. The molecular formula is C46H28N4. The van der Waals surface area contributed by atoms with E-state index in [2.05, 4.69) is 173 Å². The van der Waals surface area contributed by atoms with Gasteiger partial charge >= 0.3 is 0 Å². The van der Waals surface area contributed by atoms with Gasteiger partial charge in [-0.25, -0.2) is 9.97 Å². The lowest BCUT2D eigenvalue weighted by Gasteiger charge is -2.22. The Bertz CT molecular complexity index is 2980. The van der Waals surface area contributed by atoms with E-state index in [-0.39, 0.29) is 0 Å². The Morgan fingerprint density at radius 2 is 0.780 bits per heavy atom. The third-order valence-electron chi connectivity index (χ3n) is 10.4. The van der Waals surface area contributed by atoms with Crippen LogP contribution in [0.2, 0.25) is 0 Å². The van der Waals surface area contributed by atoms with E-state index in [4.69, 9.17) is 9.97 Å². The third kappa shape index (κ3) is 3.70. The van der Waals surface area contributed by atoms with Crippen LogP contribution in [0, 0.1) is 0 Å². The second-order valence-electron chi connectivity index (χ2n) is 13.0. The van der Waals surface area contributed by atoms with Gasteiger partial charge in [0.25, 0.3) is 0 Å². The van der Waals surface area contributed by atoms with Crippen LogP contribution in [0.4, 0.5) is 0 Å². The van der Waals surface area contributed by atoms with Crippen molar-refractivity contribution >= 4 is 43.6 Å². The van der Waals surface area contributed by atoms with E-state index in [0.29, 0.717) is 5.95 Å². The molecule has 232 valence electrons. The first-order chi connectivity index (χ1) is 24.8. The van der Waals surface area contributed by atoms with Crippen molar-refractivity contribution in [1.82, 2.24) is 19.1 Å². The minimum atomic E-state index is 0.655. The fourth-order valence-electron chi connectivity index (χ4n) is 8.30. The number of hydrogen-bond acceptors (Lipinski definition) is 2. The van der Waals surface area contributed by atoms with Gasteiger partial charge < -0.3 is 4.57 Å². The minimum Gasteiger partial charge on any atom is -0.309 e. The lowest BCUT2D eigenvalue weighted by molar-refractivity contribution is 0.994.